The van der Waals surface area contributed by atoms with E-state index in [0.29, 0.717) is 12.2 Å². The smallest absolute Gasteiger partial charge is 0.407 e. The molecule has 0 saturated heterocycles. The number of nitrogens with zero attached hydrogens (tertiary/aromatic N) is 1. The number of benzene rings is 1. The van der Waals surface area contributed by atoms with E-state index in [-0.39, 0.29) is 12.0 Å². The molecule has 0 radical (unpaired) electrons. The maximum Gasteiger partial charge on any atom is 0.407 e. The number of hydrogen-bond acceptors (Lipinski definition) is 5. The average molecular weight is 333 g/mol. The number of aldehydes is 1. The summed E-state index contributed by atoms with van der Waals surface area (Å²) in [5.74, 6) is 0. The minimum Gasteiger partial charge on any atom is -0.444 e. The first-order valence-electron chi connectivity index (χ1n) is 8.12. The van der Waals surface area contributed by atoms with E-state index in [2.05, 4.69) is 19.2 Å². The summed E-state index contributed by atoms with van der Waals surface area (Å²) in [5.41, 5.74) is 8.01. The molecule has 1 amide bonds. The quantitative estimate of drug-likeness (QED) is 0.653. The van der Waals surface area contributed by atoms with Crippen LogP contribution in [0.5, 0.6) is 0 Å². The van der Waals surface area contributed by atoms with E-state index in [0.717, 1.165) is 17.5 Å². The van der Waals surface area contributed by atoms with Crippen molar-refractivity contribution in [3.8, 4) is 0 Å². The second-order valence-electron chi connectivity index (χ2n) is 7.87. The zero-order valence-corrected chi connectivity index (χ0v) is 15.1. The zero-order valence-electron chi connectivity index (χ0n) is 15.1. The lowest BCUT2D eigenvalue weighted by Gasteiger charge is -2.28. The molecule has 1 aliphatic rings. The highest BCUT2D eigenvalue weighted by Gasteiger charge is 2.38. The van der Waals surface area contributed by atoms with Gasteiger partial charge in [0.15, 0.2) is 0 Å². The Morgan fingerprint density at radius 1 is 1.46 bits per heavy atom. The molecule has 0 fully saturated rings. The predicted octanol–water partition coefficient (Wildman–Crippen LogP) is 2.46. The highest BCUT2D eigenvalue weighted by molar-refractivity contribution is 5.75. The van der Waals surface area contributed by atoms with Gasteiger partial charge in [0.05, 0.1) is 0 Å². The minimum atomic E-state index is -0.572. The Bertz CT molecular complexity index is 635. The van der Waals surface area contributed by atoms with Crippen molar-refractivity contribution in [2.75, 3.05) is 23.7 Å². The van der Waals surface area contributed by atoms with Gasteiger partial charge in [0, 0.05) is 29.9 Å². The van der Waals surface area contributed by atoms with E-state index in [1.807, 2.05) is 23.1 Å². The van der Waals surface area contributed by atoms with Crippen LogP contribution in [0.4, 0.5) is 16.2 Å². The van der Waals surface area contributed by atoms with E-state index in [4.69, 9.17) is 10.5 Å². The third kappa shape index (κ3) is 3.99. The number of rotatable bonds is 4. The summed E-state index contributed by atoms with van der Waals surface area (Å²) in [6.45, 7) is 10.5. The van der Waals surface area contributed by atoms with Crippen LogP contribution in [0.1, 0.15) is 40.2 Å². The second-order valence-corrected chi connectivity index (χ2v) is 7.87. The lowest BCUT2D eigenvalue weighted by atomic mass is 9.87. The molecule has 6 heteroatoms. The molecule has 1 heterocycles. The van der Waals surface area contributed by atoms with Gasteiger partial charge in [-0.05, 0) is 38.5 Å². The Balaban J connectivity index is 2.14. The molecule has 0 aromatic heterocycles. The number of ether oxygens (including phenoxy) is 1. The first-order chi connectivity index (χ1) is 11.0. The molecule has 0 bridgehead atoms. The largest absolute Gasteiger partial charge is 0.444 e. The Morgan fingerprint density at radius 2 is 2.12 bits per heavy atom. The summed E-state index contributed by atoms with van der Waals surface area (Å²) in [5, 5.41) is 2.67. The van der Waals surface area contributed by atoms with Gasteiger partial charge in [-0.15, -0.1) is 0 Å². The molecule has 1 unspecified atom stereocenters. The molecule has 24 heavy (non-hydrogen) atoms. The Morgan fingerprint density at radius 3 is 2.71 bits per heavy atom. The van der Waals surface area contributed by atoms with E-state index in [1.54, 1.807) is 20.8 Å². The second kappa shape index (κ2) is 6.34. The molecule has 0 spiro atoms. The van der Waals surface area contributed by atoms with Crippen molar-refractivity contribution in [1.82, 2.24) is 5.32 Å². The van der Waals surface area contributed by atoms with Gasteiger partial charge in [-0.2, -0.15) is 0 Å². The minimum absolute atomic E-state index is 0.0871. The number of nitrogens with one attached hydrogen (secondary N) is 1. The summed E-state index contributed by atoms with van der Waals surface area (Å²) in [7, 11) is 0. The third-order valence-electron chi connectivity index (χ3n) is 4.04. The fourth-order valence-electron chi connectivity index (χ4n) is 2.98. The number of anilines is 2. The summed E-state index contributed by atoms with van der Waals surface area (Å²) in [6.07, 6.45) is 0.326. The first kappa shape index (κ1) is 18.1. The molecule has 1 aliphatic heterocycles. The van der Waals surface area contributed by atoms with Crippen LogP contribution >= 0.6 is 0 Å². The van der Waals surface area contributed by atoms with E-state index in [9.17, 15) is 9.59 Å². The number of amides is 1. The molecular formula is C18H27N3O3. The molecule has 1 atom stereocenters. The van der Waals surface area contributed by atoms with Gasteiger partial charge in [0.2, 0.25) is 0 Å². The van der Waals surface area contributed by atoms with Gasteiger partial charge >= 0.3 is 6.09 Å². The maximum atomic E-state index is 11.8. The number of nitrogens with two attached hydrogens (primary N) is 1. The molecule has 3 N–H and O–H groups in total. The molecule has 0 aliphatic carbocycles. The van der Waals surface area contributed by atoms with Crippen LogP contribution < -0.4 is 16.0 Å². The standard InChI is InChI=1S/C18H27N3O3/c1-17(2,3)24-16(23)20-9-13(10-22)21-11-18(4,5)14-7-6-12(19)8-15(14)21/h6-8,10,13H,9,11,19H2,1-5H3,(H,20,23). The number of nitrogen functional groups attached to an aromatic ring is 1. The van der Waals surface area contributed by atoms with Gasteiger partial charge in [0.1, 0.15) is 17.9 Å². The van der Waals surface area contributed by atoms with Crippen molar-refractivity contribution in [3.63, 3.8) is 0 Å². The SMILES string of the molecule is CC(C)(C)OC(=O)NCC(C=O)N1CC(C)(C)c2ccc(N)cc21. The molecule has 2 rings (SSSR count). The first-order valence-corrected chi connectivity index (χ1v) is 8.12. The van der Waals surface area contributed by atoms with E-state index in [1.165, 1.54) is 0 Å². The highest BCUT2D eigenvalue weighted by Crippen LogP contribution is 2.42. The Kier molecular flexibility index (Phi) is 4.78. The molecule has 6 nitrogen and oxygen atoms in total. The van der Waals surface area contributed by atoms with Crippen LogP contribution in [0.3, 0.4) is 0 Å². The summed E-state index contributed by atoms with van der Waals surface area (Å²) >= 11 is 0. The topological polar surface area (TPSA) is 84.7 Å². The molecule has 0 saturated carbocycles. The van der Waals surface area contributed by atoms with Crippen molar-refractivity contribution in [2.24, 2.45) is 0 Å². The van der Waals surface area contributed by atoms with Crippen molar-refractivity contribution in [1.29, 1.82) is 0 Å². The van der Waals surface area contributed by atoms with Crippen LogP contribution in [0, 0.1) is 0 Å². The highest BCUT2D eigenvalue weighted by atomic mass is 16.6. The number of carbonyl (C=O) groups is 2. The van der Waals surface area contributed by atoms with Gasteiger partial charge in [-0.3, -0.25) is 0 Å². The molecule has 1 aromatic rings. The van der Waals surface area contributed by atoms with Crippen LogP contribution in [0.15, 0.2) is 18.2 Å². The van der Waals surface area contributed by atoms with Crippen LogP contribution in [-0.2, 0) is 14.9 Å². The van der Waals surface area contributed by atoms with Crippen LogP contribution in [0.2, 0.25) is 0 Å². The van der Waals surface area contributed by atoms with Gasteiger partial charge in [-0.1, -0.05) is 19.9 Å². The van der Waals surface area contributed by atoms with Crippen molar-refractivity contribution in [2.45, 2.75) is 51.7 Å². The Hall–Kier alpha value is -2.24. The molecule has 132 valence electrons. The fraction of sp³-hybridized carbons (Fsp3) is 0.556. The summed E-state index contributed by atoms with van der Waals surface area (Å²) < 4.78 is 5.22. The van der Waals surface area contributed by atoms with Crippen molar-refractivity contribution in [3.05, 3.63) is 23.8 Å². The average Bonchev–Trinajstić information content (AvgIpc) is 2.69. The Labute approximate surface area is 143 Å². The van der Waals surface area contributed by atoms with E-state index >= 15 is 0 Å². The molecule has 1 aromatic carbocycles. The predicted molar refractivity (Wildman–Crippen MR) is 95.3 cm³/mol. The number of alkyl carbamates (subject to hydrolysis) is 1. The van der Waals surface area contributed by atoms with Crippen LogP contribution in [-0.4, -0.2) is 37.1 Å². The van der Waals surface area contributed by atoms with Crippen molar-refractivity contribution >= 4 is 23.8 Å². The van der Waals surface area contributed by atoms with Gasteiger partial charge < -0.3 is 25.5 Å². The lowest BCUT2D eigenvalue weighted by Crippen LogP contribution is -2.47. The fourth-order valence-corrected chi connectivity index (χ4v) is 2.98. The third-order valence-corrected chi connectivity index (χ3v) is 4.04. The summed E-state index contributed by atoms with van der Waals surface area (Å²) in [6, 6.07) is 5.29. The monoisotopic (exact) mass is 333 g/mol. The maximum absolute atomic E-state index is 11.8. The lowest BCUT2D eigenvalue weighted by molar-refractivity contribution is -0.108. The number of carbonyl (C=O) groups excluding carboxylic acids is 2. The normalized spacial score (nSPS) is 17.1. The van der Waals surface area contributed by atoms with E-state index < -0.39 is 17.7 Å². The number of fused-ring (bicyclic) bond motifs is 1. The van der Waals surface area contributed by atoms with Crippen molar-refractivity contribution < 1.29 is 14.3 Å². The van der Waals surface area contributed by atoms with Crippen LogP contribution in [0.25, 0.3) is 0 Å². The zero-order chi connectivity index (χ0) is 18.1. The molecular weight excluding hydrogens is 306 g/mol. The number of hydrogen-bond donors (Lipinski definition) is 2. The summed E-state index contributed by atoms with van der Waals surface area (Å²) in [4.78, 5) is 25.5. The van der Waals surface area contributed by atoms with Gasteiger partial charge in [-0.25, -0.2) is 4.79 Å². The van der Waals surface area contributed by atoms with Gasteiger partial charge in [0.25, 0.3) is 0 Å².